The molecule has 1 amide bonds. The number of carbonyl (C=O) groups is 2. The third kappa shape index (κ3) is 3.17. The van der Waals surface area contributed by atoms with Gasteiger partial charge in [-0.3, -0.25) is 14.5 Å². The van der Waals surface area contributed by atoms with Crippen molar-refractivity contribution in [3.63, 3.8) is 0 Å². The van der Waals surface area contributed by atoms with Crippen molar-refractivity contribution >= 4 is 11.9 Å². The molecule has 2 rings (SSSR count). The van der Waals surface area contributed by atoms with Gasteiger partial charge in [0.25, 0.3) is 0 Å². The van der Waals surface area contributed by atoms with Crippen LogP contribution in [0.4, 0.5) is 0 Å². The van der Waals surface area contributed by atoms with Crippen LogP contribution in [0.25, 0.3) is 0 Å². The number of amides is 1. The van der Waals surface area contributed by atoms with Crippen molar-refractivity contribution in [2.45, 2.75) is 25.4 Å². The van der Waals surface area contributed by atoms with E-state index >= 15 is 0 Å². The molecule has 0 fully saturated rings. The van der Waals surface area contributed by atoms with Gasteiger partial charge in [0.1, 0.15) is 6.04 Å². The van der Waals surface area contributed by atoms with Crippen LogP contribution in [0.5, 0.6) is 0 Å². The second-order valence-electron chi connectivity index (χ2n) is 5.34. The lowest BCUT2D eigenvalue weighted by molar-refractivity contribution is -0.144. The Balaban J connectivity index is 2.10. The Morgan fingerprint density at radius 3 is 2.55 bits per heavy atom. The van der Waals surface area contributed by atoms with Gasteiger partial charge in [-0.2, -0.15) is 0 Å². The van der Waals surface area contributed by atoms with Crippen LogP contribution >= 0.6 is 0 Å². The average molecular weight is 276 g/mol. The molecule has 0 saturated carbocycles. The number of carbonyl (C=O) groups excluding carboxylic acids is 1. The summed E-state index contributed by atoms with van der Waals surface area (Å²) in [6.07, 6.45) is 0.848. The van der Waals surface area contributed by atoms with Gasteiger partial charge in [0.05, 0.1) is 0 Å². The molecule has 0 aromatic heterocycles. The van der Waals surface area contributed by atoms with E-state index in [1.807, 2.05) is 29.2 Å². The molecule has 0 aliphatic carbocycles. The molecule has 1 aromatic carbocycles. The van der Waals surface area contributed by atoms with E-state index in [1.165, 1.54) is 4.90 Å². The maximum Gasteiger partial charge on any atom is 0.321 e. The predicted octanol–water partition coefficient (Wildman–Crippen LogP) is 0.976. The van der Waals surface area contributed by atoms with Crippen molar-refractivity contribution in [2.75, 3.05) is 20.6 Å². The summed E-state index contributed by atoms with van der Waals surface area (Å²) in [4.78, 5) is 26.5. The molecular formula is C15H20N2O3. The summed E-state index contributed by atoms with van der Waals surface area (Å²) in [5.41, 5.74) is 2.25. The van der Waals surface area contributed by atoms with Crippen molar-refractivity contribution in [1.82, 2.24) is 9.80 Å². The number of hydrogen-bond donors (Lipinski definition) is 1. The first-order valence-corrected chi connectivity index (χ1v) is 6.73. The van der Waals surface area contributed by atoms with E-state index in [9.17, 15) is 14.7 Å². The Morgan fingerprint density at radius 1 is 1.30 bits per heavy atom. The van der Waals surface area contributed by atoms with Gasteiger partial charge in [-0.25, -0.2) is 0 Å². The molecule has 5 nitrogen and oxygen atoms in total. The van der Waals surface area contributed by atoms with Crippen LogP contribution in [0.2, 0.25) is 0 Å². The SMILES string of the molecule is CN(C)C(=O)CCN1Cc2ccccc2CC1C(=O)O. The van der Waals surface area contributed by atoms with E-state index in [0.717, 1.165) is 11.1 Å². The standard InChI is InChI=1S/C15H20N2O3/c1-16(2)14(18)7-8-17-10-12-6-4-3-5-11(12)9-13(17)15(19)20/h3-6,13H,7-10H2,1-2H3,(H,19,20). The first-order chi connectivity index (χ1) is 9.49. The molecule has 108 valence electrons. The van der Waals surface area contributed by atoms with E-state index in [1.54, 1.807) is 14.1 Å². The lowest BCUT2D eigenvalue weighted by Gasteiger charge is -2.34. The third-order valence-corrected chi connectivity index (χ3v) is 3.74. The highest BCUT2D eigenvalue weighted by Gasteiger charge is 2.31. The van der Waals surface area contributed by atoms with Crippen LogP contribution in [0.1, 0.15) is 17.5 Å². The van der Waals surface area contributed by atoms with Crippen LogP contribution < -0.4 is 0 Å². The van der Waals surface area contributed by atoms with E-state index < -0.39 is 12.0 Å². The van der Waals surface area contributed by atoms with Crippen LogP contribution in [0.15, 0.2) is 24.3 Å². The quantitative estimate of drug-likeness (QED) is 0.890. The fourth-order valence-electron chi connectivity index (χ4n) is 2.52. The fraction of sp³-hybridized carbons (Fsp3) is 0.467. The van der Waals surface area contributed by atoms with Gasteiger partial charge in [-0.1, -0.05) is 24.3 Å². The van der Waals surface area contributed by atoms with Crippen molar-refractivity contribution in [2.24, 2.45) is 0 Å². The summed E-state index contributed by atoms with van der Waals surface area (Å²) in [5.74, 6) is -0.801. The van der Waals surface area contributed by atoms with Gasteiger partial charge in [-0.15, -0.1) is 0 Å². The van der Waals surface area contributed by atoms with Crippen LogP contribution in [0.3, 0.4) is 0 Å². The number of hydrogen-bond acceptors (Lipinski definition) is 3. The minimum Gasteiger partial charge on any atom is -0.480 e. The Labute approximate surface area is 118 Å². The number of nitrogens with zero attached hydrogens (tertiary/aromatic N) is 2. The molecule has 1 aliphatic rings. The van der Waals surface area contributed by atoms with Gasteiger partial charge in [0.2, 0.25) is 5.91 Å². The highest BCUT2D eigenvalue weighted by molar-refractivity contribution is 5.76. The van der Waals surface area contributed by atoms with E-state index in [0.29, 0.717) is 25.9 Å². The summed E-state index contributed by atoms with van der Waals surface area (Å²) >= 11 is 0. The fourth-order valence-corrected chi connectivity index (χ4v) is 2.52. The second-order valence-corrected chi connectivity index (χ2v) is 5.34. The van der Waals surface area contributed by atoms with Crippen molar-refractivity contribution < 1.29 is 14.7 Å². The molecule has 0 saturated heterocycles. The number of carboxylic acid groups (broad SMARTS) is 1. The molecule has 0 bridgehead atoms. The highest BCUT2D eigenvalue weighted by atomic mass is 16.4. The van der Waals surface area contributed by atoms with Gasteiger partial charge in [-0.05, 0) is 17.5 Å². The first kappa shape index (κ1) is 14.5. The topological polar surface area (TPSA) is 60.9 Å². The Hall–Kier alpha value is -1.88. The lowest BCUT2D eigenvalue weighted by atomic mass is 9.94. The van der Waals surface area contributed by atoms with Gasteiger partial charge in [0, 0.05) is 33.6 Å². The Kier molecular flexibility index (Phi) is 4.39. The smallest absolute Gasteiger partial charge is 0.321 e. The molecule has 1 aliphatic heterocycles. The molecule has 1 heterocycles. The lowest BCUT2D eigenvalue weighted by Crippen LogP contribution is -2.46. The number of aliphatic carboxylic acids is 1. The van der Waals surface area contributed by atoms with Gasteiger partial charge >= 0.3 is 5.97 Å². The normalized spacial score (nSPS) is 18.4. The summed E-state index contributed by atoms with van der Waals surface area (Å²) in [7, 11) is 3.42. The van der Waals surface area contributed by atoms with Crippen LogP contribution in [0, 0.1) is 0 Å². The number of fused-ring (bicyclic) bond motifs is 1. The van der Waals surface area contributed by atoms with Crippen LogP contribution in [-0.4, -0.2) is 53.5 Å². The molecule has 1 N–H and O–H groups in total. The van der Waals surface area contributed by atoms with Gasteiger partial charge < -0.3 is 10.0 Å². The molecule has 5 heteroatoms. The Bertz CT molecular complexity index is 514. The van der Waals surface area contributed by atoms with E-state index in [4.69, 9.17) is 0 Å². The van der Waals surface area contributed by atoms with Gasteiger partial charge in [0.15, 0.2) is 0 Å². The second kappa shape index (κ2) is 6.05. The molecule has 1 unspecified atom stereocenters. The maximum atomic E-state index is 11.7. The highest BCUT2D eigenvalue weighted by Crippen LogP contribution is 2.23. The van der Waals surface area contributed by atoms with Crippen molar-refractivity contribution in [3.8, 4) is 0 Å². The average Bonchev–Trinajstić information content (AvgIpc) is 2.43. The largest absolute Gasteiger partial charge is 0.480 e. The molecule has 1 aromatic rings. The predicted molar refractivity (Wildman–Crippen MR) is 75.3 cm³/mol. The summed E-state index contributed by atoms with van der Waals surface area (Å²) in [6.45, 7) is 1.07. The third-order valence-electron chi connectivity index (χ3n) is 3.74. The Morgan fingerprint density at radius 2 is 1.95 bits per heavy atom. The maximum absolute atomic E-state index is 11.7. The zero-order chi connectivity index (χ0) is 14.7. The summed E-state index contributed by atoms with van der Waals surface area (Å²) < 4.78 is 0. The zero-order valence-corrected chi connectivity index (χ0v) is 11.9. The number of carboxylic acids is 1. The minimum atomic E-state index is -0.822. The monoisotopic (exact) mass is 276 g/mol. The number of rotatable bonds is 4. The van der Waals surface area contributed by atoms with E-state index in [2.05, 4.69) is 0 Å². The summed E-state index contributed by atoms with van der Waals surface area (Å²) in [5, 5.41) is 9.37. The number of benzene rings is 1. The molecule has 20 heavy (non-hydrogen) atoms. The summed E-state index contributed by atoms with van der Waals surface area (Å²) in [6, 6.07) is 7.35. The van der Waals surface area contributed by atoms with Crippen molar-refractivity contribution in [1.29, 1.82) is 0 Å². The minimum absolute atomic E-state index is 0.0213. The molecule has 0 radical (unpaired) electrons. The molecule has 0 spiro atoms. The van der Waals surface area contributed by atoms with Crippen LogP contribution in [-0.2, 0) is 22.6 Å². The zero-order valence-electron chi connectivity index (χ0n) is 11.9. The van der Waals surface area contributed by atoms with E-state index in [-0.39, 0.29) is 5.91 Å². The molecule has 1 atom stereocenters. The first-order valence-electron chi connectivity index (χ1n) is 6.73. The molecular weight excluding hydrogens is 256 g/mol. The van der Waals surface area contributed by atoms with Crippen molar-refractivity contribution in [3.05, 3.63) is 35.4 Å².